The Morgan fingerprint density at radius 1 is 1.53 bits per heavy atom. The van der Waals surface area contributed by atoms with Crippen molar-refractivity contribution >= 4 is 11.8 Å². The summed E-state index contributed by atoms with van der Waals surface area (Å²) < 4.78 is 4.65. The molecule has 15 heavy (non-hydrogen) atoms. The SMILES string of the molecule is COC(=O)CC1C(=O)C2CC1C(C)(C)C2. The molecule has 0 heterocycles. The molecule has 0 radical (unpaired) electrons. The molecular weight excluding hydrogens is 192 g/mol. The normalized spacial score (nSPS) is 37.0. The largest absolute Gasteiger partial charge is 0.469 e. The summed E-state index contributed by atoms with van der Waals surface area (Å²) in [4.78, 5) is 23.1. The van der Waals surface area contributed by atoms with E-state index in [4.69, 9.17) is 0 Å². The van der Waals surface area contributed by atoms with Crippen LogP contribution in [0.4, 0.5) is 0 Å². The Morgan fingerprint density at radius 2 is 2.20 bits per heavy atom. The maximum Gasteiger partial charge on any atom is 0.306 e. The molecule has 2 aliphatic rings. The zero-order valence-corrected chi connectivity index (χ0v) is 9.58. The van der Waals surface area contributed by atoms with Crippen molar-refractivity contribution in [2.75, 3.05) is 7.11 Å². The standard InChI is InChI=1S/C12H18O3/c1-12(2)6-7-4-9(12)8(11(7)14)5-10(13)15-3/h7-9H,4-6H2,1-3H3. The minimum Gasteiger partial charge on any atom is -0.469 e. The minimum absolute atomic E-state index is 0.0776. The van der Waals surface area contributed by atoms with E-state index in [1.54, 1.807) is 0 Å². The molecule has 3 heteroatoms. The van der Waals surface area contributed by atoms with Gasteiger partial charge in [0, 0.05) is 11.8 Å². The molecule has 2 aliphatic carbocycles. The van der Waals surface area contributed by atoms with Gasteiger partial charge in [-0.25, -0.2) is 0 Å². The van der Waals surface area contributed by atoms with E-state index in [2.05, 4.69) is 18.6 Å². The number of carbonyl (C=O) groups is 2. The topological polar surface area (TPSA) is 43.4 Å². The number of methoxy groups -OCH3 is 1. The highest BCUT2D eigenvalue weighted by atomic mass is 16.5. The first kappa shape index (κ1) is 10.7. The van der Waals surface area contributed by atoms with Crippen LogP contribution in [0.15, 0.2) is 0 Å². The number of rotatable bonds is 2. The predicted molar refractivity (Wildman–Crippen MR) is 55.1 cm³/mol. The molecule has 0 amide bonds. The summed E-state index contributed by atoms with van der Waals surface area (Å²) in [5.41, 5.74) is 0.220. The third kappa shape index (κ3) is 1.58. The number of esters is 1. The highest BCUT2D eigenvalue weighted by Gasteiger charge is 2.56. The zero-order chi connectivity index (χ0) is 11.2. The Balaban J connectivity index is 2.13. The van der Waals surface area contributed by atoms with Crippen molar-refractivity contribution in [3.05, 3.63) is 0 Å². The maximum absolute atomic E-state index is 11.9. The number of carbonyl (C=O) groups excluding carboxylic acids is 2. The van der Waals surface area contributed by atoms with Crippen LogP contribution < -0.4 is 0 Å². The van der Waals surface area contributed by atoms with Crippen LogP contribution in [0.25, 0.3) is 0 Å². The van der Waals surface area contributed by atoms with Gasteiger partial charge in [-0.05, 0) is 24.2 Å². The van der Waals surface area contributed by atoms with E-state index in [9.17, 15) is 9.59 Å². The first-order valence-corrected chi connectivity index (χ1v) is 5.56. The summed E-state index contributed by atoms with van der Waals surface area (Å²) >= 11 is 0. The van der Waals surface area contributed by atoms with Gasteiger partial charge in [-0.3, -0.25) is 9.59 Å². The fraction of sp³-hybridized carbons (Fsp3) is 0.833. The van der Waals surface area contributed by atoms with Crippen LogP contribution in [-0.2, 0) is 14.3 Å². The molecule has 2 saturated carbocycles. The summed E-state index contributed by atoms with van der Waals surface area (Å²) in [6, 6.07) is 0. The summed E-state index contributed by atoms with van der Waals surface area (Å²) in [7, 11) is 1.38. The van der Waals surface area contributed by atoms with Gasteiger partial charge in [-0.15, -0.1) is 0 Å². The van der Waals surface area contributed by atoms with Gasteiger partial charge in [0.15, 0.2) is 0 Å². The van der Waals surface area contributed by atoms with E-state index < -0.39 is 0 Å². The molecule has 0 aliphatic heterocycles. The second-order valence-corrected chi connectivity index (χ2v) is 5.52. The highest BCUT2D eigenvalue weighted by molar-refractivity contribution is 5.90. The van der Waals surface area contributed by atoms with Crippen LogP contribution in [-0.4, -0.2) is 18.9 Å². The van der Waals surface area contributed by atoms with Gasteiger partial charge in [-0.2, -0.15) is 0 Å². The number of hydrogen-bond acceptors (Lipinski definition) is 3. The third-order valence-electron chi connectivity index (χ3n) is 4.18. The predicted octanol–water partition coefficient (Wildman–Crippen LogP) is 1.80. The molecule has 0 aromatic rings. The molecule has 0 aromatic carbocycles. The van der Waals surface area contributed by atoms with E-state index in [1.165, 1.54) is 7.11 Å². The monoisotopic (exact) mass is 210 g/mol. The lowest BCUT2D eigenvalue weighted by Crippen LogP contribution is -2.35. The van der Waals surface area contributed by atoms with E-state index in [0.29, 0.717) is 11.7 Å². The van der Waals surface area contributed by atoms with Gasteiger partial charge in [0.05, 0.1) is 13.5 Å². The van der Waals surface area contributed by atoms with Gasteiger partial charge < -0.3 is 4.74 Å². The third-order valence-corrected chi connectivity index (χ3v) is 4.18. The van der Waals surface area contributed by atoms with Crippen molar-refractivity contribution in [3.8, 4) is 0 Å². The Morgan fingerprint density at radius 3 is 2.73 bits per heavy atom. The van der Waals surface area contributed by atoms with Crippen LogP contribution >= 0.6 is 0 Å². The minimum atomic E-state index is -0.253. The summed E-state index contributed by atoms with van der Waals surface area (Å²) in [6.07, 6.45) is 2.25. The van der Waals surface area contributed by atoms with Crippen LogP contribution in [0.3, 0.4) is 0 Å². The average molecular weight is 210 g/mol. The number of ether oxygens (including phenoxy) is 1. The molecule has 2 bridgehead atoms. The molecule has 3 unspecified atom stereocenters. The molecule has 0 N–H and O–H groups in total. The second-order valence-electron chi connectivity index (χ2n) is 5.52. The van der Waals surface area contributed by atoms with Gasteiger partial charge in [0.2, 0.25) is 0 Å². The molecule has 0 spiro atoms. The van der Waals surface area contributed by atoms with Crippen molar-refractivity contribution in [3.63, 3.8) is 0 Å². The Bertz CT molecular complexity index is 306. The Labute approximate surface area is 90.2 Å². The first-order chi connectivity index (χ1) is 6.95. The first-order valence-electron chi connectivity index (χ1n) is 5.56. The number of fused-ring (bicyclic) bond motifs is 2. The Kier molecular flexibility index (Phi) is 2.36. The fourth-order valence-corrected chi connectivity index (χ4v) is 3.43. The van der Waals surface area contributed by atoms with Gasteiger partial charge in [0.25, 0.3) is 0 Å². The second kappa shape index (κ2) is 3.32. The van der Waals surface area contributed by atoms with E-state index >= 15 is 0 Å². The van der Waals surface area contributed by atoms with Crippen LogP contribution in [0.5, 0.6) is 0 Å². The molecule has 3 nitrogen and oxygen atoms in total. The van der Waals surface area contributed by atoms with Gasteiger partial charge in [0.1, 0.15) is 5.78 Å². The quantitative estimate of drug-likeness (QED) is 0.653. The molecule has 3 atom stereocenters. The molecular formula is C12H18O3. The lowest BCUT2D eigenvalue weighted by atomic mass is 9.69. The molecule has 0 aromatic heterocycles. The molecule has 0 saturated heterocycles. The molecule has 84 valence electrons. The summed E-state index contributed by atoms with van der Waals surface area (Å²) in [5, 5.41) is 0. The van der Waals surface area contributed by atoms with Crippen LogP contribution in [0.1, 0.15) is 33.1 Å². The van der Waals surface area contributed by atoms with Crippen molar-refractivity contribution in [2.45, 2.75) is 33.1 Å². The highest BCUT2D eigenvalue weighted by Crippen LogP contribution is 2.57. The van der Waals surface area contributed by atoms with Crippen LogP contribution in [0.2, 0.25) is 0 Å². The lowest BCUT2D eigenvalue weighted by molar-refractivity contribution is -0.145. The number of Topliss-reactive ketones (excluding diaryl/α,β-unsaturated/α-hetero) is 1. The number of ketones is 1. The van der Waals surface area contributed by atoms with E-state index in [0.717, 1.165) is 12.8 Å². The van der Waals surface area contributed by atoms with Crippen molar-refractivity contribution in [1.29, 1.82) is 0 Å². The van der Waals surface area contributed by atoms with Crippen molar-refractivity contribution < 1.29 is 14.3 Å². The van der Waals surface area contributed by atoms with E-state index in [1.807, 2.05) is 0 Å². The lowest BCUT2D eigenvalue weighted by Gasteiger charge is -2.34. The van der Waals surface area contributed by atoms with Gasteiger partial charge in [-0.1, -0.05) is 13.8 Å². The van der Waals surface area contributed by atoms with Crippen molar-refractivity contribution in [2.24, 2.45) is 23.2 Å². The van der Waals surface area contributed by atoms with Crippen molar-refractivity contribution in [1.82, 2.24) is 0 Å². The molecule has 2 fully saturated rings. The number of hydrogen-bond donors (Lipinski definition) is 0. The zero-order valence-electron chi connectivity index (χ0n) is 9.58. The fourth-order valence-electron chi connectivity index (χ4n) is 3.43. The maximum atomic E-state index is 11.9. The molecule has 2 rings (SSSR count). The summed E-state index contributed by atoms with van der Waals surface area (Å²) in [5.74, 6) is 0.557. The smallest absolute Gasteiger partial charge is 0.306 e. The summed E-state index contributed by atoms with van der Waals surface area (Å²) in [6.45, 7) is 4.41. The van der Waals surface area contributed by atoms with Gasteiger partial charge >= 0.3 is 5.97 Å². The Hall–Kier alpha value is -0.860. The van der Waals surface area contributed by atoms with Crippen LogP contribution in [0, 0.1) is 23.2 Å². The average Bonchev–Trinajstić information content (AvgIpc) is 2.62. The van der Waals surface area contributed by atoms with E-state index in [-0.39, 0.29) is 29.6 Å².